The van der Waals surface area contributed by atoms with Gasteiger partial charge in [0.15, 0.2) is 5.75 Å². The van der Waals surface area contributed by atoms with Crippen LogP contribution in [0.5, 0.6) is 5.75 Å². The van der Waals surface area contributed by atoms with Gasteiger partial charge in [0.1, 0.15) is 6.10 Å². The first kappa shape index (κ1) is 9.84. The van der Waals surface area contributed by atoms with Crippen molar-refractivity contribution in [2.75, 3.05) is 5.32 Å². The number of ether oxygens (including phenoxy) is 1. The lowest BCUT2D eigenvalue weighted by Crippen LogP contribution is -2.38. The van der Waals surface area contributed by atoms with E-state index in [0.29, 0.717) is 6.04 Å². The summed E-state index contributed by atoms with van der Waals surface area (Å²) >= 11 is 3.49. The summed E-state index contributed by atoms with van der Waals surface area (Å²) in [5.74, 6) is 0.942. The Morgan fingerprint density at radius 2 is 2.29 bits per heavy atom. The lowest BCUT2D eigenvalue weighted by atomic mass is 10.1. The van der Waals surface area contributed by atoms with Crippen molar-refractivity contribution in [3.8, 4) is 5.75 Å². The molecule has 0 saturated heterocycles. The number of fused-ring (bicyclic) bond motifs is 1. The smallest absolute Gasteiger partial charge is 0.157 e. The van der Waals surface area contributed by atoms with E-state index in [-0.39, 0.29) is 6.10 Å². The predicted molar refractivity (Wildman–Crippen MR) is 61.9 cm³/mol. The summed E-state index contributed by atoms with van der Waals surface area (Å²) in [5, 5.41) is 3.45. The fourth-order valence-corrected chi connectivity index (χ4v) is 2.23. The maximum Gasteiger partial charge on any atom is 0.157 e. The summed E-state index contributed by atoms with van der Waals surface area (Å²) in [6.07, 6.45) is 1.29. The quantitative estimate of drug-likeness (QED) is 0.831. The van der Waals surface area contributed by atoms with Crippen molar-refractivity contribution in [1.29, 1.82) is 0 Å². The molecule has 2 unspecified atom stereocenters. The highest BCUT2D eigenvalue weighted by molar-refractivity contribution is 9.10. The molecule has 0 spiro atoms. The molecule has 3 heteroatoms. The lowest BCUT2D eigenvalue weighted by Gasteiger charge is -2.33. The zero-order valence-electron chi connectivity index (χ0n) is 8.38. The van der Waals surface area contributed by atoms with E-state index in [2.05, 4.69) is 35.1 Å². The topological polar surface area (TPSA) is 21.3 Å². The van der Waals surface area contributed by atoms with Gasteiger partial charge < -0.3 is 10.1 Å². The number of halogens is 1. The average molecular weight is 256 g/mol. The number of nitrogens with one attached hydrogen (secondary N) is 1. The van der Waals surface area contributed by atoms with E-state index < -0.39 is 0 Å². The predicted octanol–water partition coefficient (Wildman–Crippen LogP) is 3.42. The van der Waals surface area contributed by atoms with E-state index in [1.807, 2.05) is 18.2 Å². The fraction of sp³-hybridized carbons (Fsp3) is 0.455. The second-order valence-electron chi connectivity index (χ2n) is 3.61. The van der Waals surface area contributed by atoms with Crippen molar-refractivity contribution in [3.63, 3.8) is 0 Å². The minimum absolute atomic E-state index is 0.265. The van der Waals surface area contributed by atoms with Crippen molar-refractivity contribution >= 4 is 21.6 Å². The normalized spacial score (nSPS) is 24.8. The molecule has 1 aliphatic rings. The van der Waals surface area contributed by atoms with E-state index in [0.717, 1.165) is 22.3 Å². The summed E-state index contributed by atoms with van der Waals surface area (Å²) in [6, 6.07) is 6.44. The van der Waals surface area contributed by atoms with E-state index in [1.165, 1.54) is 0 Å². The van der Waals surface area contributed by atoms with E-state index in [9.17, 15) is 0 Å². The summed E-state index contributed by atoms with van der Waals surface area (Å²) < 4.78 is 6.94. The third kappa shape index (κ3) is 1.61. The first-order valence-corrected chi connectivity index (χ1v) is 5.73. The Bertz CT molecular complexity index is 340. The summed E-state index contributed by atoms with van der Waals surface area (Å²) in [7, 11) is 0. The van der Waals surface area contributed by atoms with Crippen LogP contribution < -0.4 is 10.1 Å². The fourth-order valence-electron chi connectivity index (χ4n) is 1.77. The van der Waals surface area contributed by atoms with Crippen molar-refractivity contribution in [3.05, 3.63) is 22.7 Å². The molecule has 1 aromatic carbocycles. The highest BCUT2D eigenvalue weighted by atomic mass is 79.9. The second-order valence-corrected chi connectivity index (χ2v) is 4.47. The lowest BCUT2D eigenvalue weighted by molar-refractivity contribution is 0.169. The van der Waals surface area contributed by atoms with Crippen LogP contribution in [0.3, 0.4) is 0 Å². The van der Waals surface area contributed by atoms with Crippen LogP contribution in [0.4, 0.5) is 5.69 Å². The molecule has 0 fully saturated rings. The van der Waals surface area contributed by atoms with Crippen molar-refractivity contribution in [2.45, 2.75) is 32.4 Å². The molecule has 0 amide bonds. The van der Waals surface area contributed by atoms with Crippen LogP contribution in [0.25, 0.3) is 0 Å². The molecule has 2 nitrogen and oxygen atoms in total. The Kier molecular flexibility index (Phi) is 2.68. The molecule has 0 saturated carbocycles. The summed E-state index contributed by atoms with van der Waals surface area (Å²) in [4.78, 5) is 0. The molecule has 0 radical (unpaired) electrons. The van der Waals surface area contributed by atoms with Gasteiger partial charge >= 0.3 is 0 Å². The van der Waals surface area contributed by atoms with Gasteiger partial charge in [0.25, 0.3) is 0 Å². The van der Waals surface area contributed by atoms with Gasteiger partial charge in [-0.2, -0.15) is 0 Å². The molecule has 1 aliphatic heterocycles. The number of hydrogen-bond donors (Lipinski definition) is 1. The number of rotatable bonds is 1. The molecule has 0 aliphatic carbocycles. The number of para-hydroxylation sites is 1. The largest absolute Gasteiger partial charge is 0.485 e. The van der Waals surface area contributed by atoms with Gasteiger partial charge in [0.05, 0.1) is 16.2 Å². The minimum Gasteiger partial charge on any atom is -0.485 e. The van der Waals surface area contributed by atoms with Crippen molar-refractivity contribution in [2.24, 2.45) is 0 Å². The van der Waals surface area contributed by atoms with E-state index in [4.69, 9.17) is 4.74 Å². The molecule has 2 atom stereocenters. The van der Waals surface area contributed by atoms with Gasteiger partial charge in [0.2, 0.25) is 0 Å². The maximum absolute atomic E-state index is 5.91. The first-order chi connectivity index (χ1) is 6.72. The van der Waals surface area contributed by atoms with E-state index >= 15 is 0 Å². The van der Waals surface area contributed by atoms with Crippen molar-refractivity contribution < 1.29 is 4.74 Å². The zero-order chi connectivity index (χ0) is 10.1. The van der Waals surface area contributed by atoms with Crippen LogP contribution in [-0.2, 0) is 0 Å². The zero-order valence-corrected chi connectivity index (χ0v) is 9.97. The van der Waals surface area contributed by atoms with Crippen LogP contribution in [0.2, 0.25) is 0 Å². The second kappa shape index (κ2) is 3.81. The molecule has 1 heterocycles. The Labute approximate surface area is 92.8 Å². The van der Waals surface area contributed by atoms with Gasteiger partial charge in [0, 0.05) is 0 Å². The van der Waals surface area contributed by atoms with Gasteiger partial charge in [-0.3, -0.25) is 0 Å². The molecule has 14 heavy (non-hydrogen) atoms. The maximum atomic E-state index is 5.91. The molecular weight excluding hydrogens is 242 g/mol. The van der Waals surface area contributed by atoms with Crippen LogP contribution in [0, 0.1) is 0 Å². The molecule has 0 aromatic heterocycles. The molecule has 0 bridgehead atoms. The summed E-state index contributed by atoms with van der Waals surface area (Å²) in [6.45, 7) is 4.29. The molecule has 2 rings (SSSR count). The highest BCUT2D eigenvalue weighted by Gasteiger charge is 2.25. The molecular formula is C11H14BrNO. The first-order valence-electron chi connectivity index (χ1n) is 4.94. The minimum atomic E-state index is 0.265. The van der Waals surface area contributed by atoms with E-state index in [1.54, 1.807) is 0 Å². The van der Waals surface area contributed by atoms with Crippen LogP contribution in [-0.4, -0.2) is 12.1 Å². The SMILES string of the molecule is CCC1Oc2c(Br)cccc2NC1C. The standard InChI is InChI=1S/C11H14BrNO/c1-3-10-7(2)13-9-6-4-5-8(12)11(9)14-10/h4-7,10,13H,3H2,1-2H3. The third-order valence-corrected chi connectivity index (χ3v) is 3.20. The average Bonchev–Trinajstić information content (AvgIpc) is 2.17. The van der Waals surface area contributed by atoms with Gasteiger partial charge in [-0.05, 0) is 41.4 Å². The Morgan fingerprint density at radius 3 is 3.00 bits per heavy atom. The third-order valence-electron chi connectivity index (χ3n) is 2.58. The molecule has 1 aromatic rings. The van der Waals surface area contributed by atoms with Gasteiger partial charge in [-0.1, -0.05) is 13.0 Å². The van der Waals surface area contributed by atoms with Crippen LogP contribution >= 0.6 is 15.9 Å². The number of anilines is 1. The van der Waals surface area contributed by atoms with Gasteiger partial charge in [-0.15, -0.1) is 0 Å². The van der Waals surface area contributed by atoms with Crippen LogP contribution in [0.1, 0.15) is 20.3 Å². The molecule has 76 valence electrons. The Morgan fingerprint density at radius 1 is 1.50 bits per heavy atom. The monoisotopic (exact) mass is 255 g/mol. The Balaban J connectivity index is 2.36. The Hall–Kier alpha value is -0.700. The van der Waals surface area contributed by atoms with Crippen LogP contribution in [0.15, 0.2) is 22.7 Å². The number of benzene rings is 1. The number of hydrogen-bond acceptors (Lipinski definition) is 2. The van der Waals surface area contributed by atoms with Gasteiger partial charge in [-0.25, -0.2) is 0 Å². The summed E-state index contributed by atoms with van der Waals surface area (Å²) in [5.41, 5.74) is 1.08. The molecule has 1 N–H and O–H groups in total. The highest BCUT2D eigenvalue weighted by Crippen LogP contribution is 2.38. The van der Waals surface area contributed by atoms with Crippen molar-refractivity contribution in [1.82, 2.24) is 0 Å².